The van der Waals surface area contributed by atoms with Crippen LogP contribution in [0.15, 0.2) is 41.4 Å². The minimum absolute atomic E-state index is 0.0663. The molecule has 0 bridgehead atoms. The summed E-state index contributed by atoms with van der Waals surface area (Å²) >= 11 is 0. The molecule has 27 heavy (non-hydrogen) atoms. The van der Waals surface area contributed by atoms with Crippen molar-refractivity contribution < 1.29 is 17.9 Å². The van der Waals surface area contributed by atoms with Gasteiger partial charge in [0.2, 0.25) is 16.8 Å². The van der Waals surface area contributed by atoms with Crippen molar-refractivity contribution in [2.24, 2.45) is 0 Å². The smallest absolute Gasteiger partial charge is 0.242 e. The Morgan fingerprint density at radius 3 is 2.56 bits per heavy atom. The fourth-order valence-corrected chi connectivity index (χ4v) is 4.24. The van der Waals surface area contributed by atoms with Crippen LogP contribution < -0.4 is 19.1 Å². The van der Waals surface area contributed by atoms with Gasteiger partial charge >= 0.3 is 0 Å². The third-order valence-electron chi connectivity index (χ3n) is 4.59. The molecule has 1 N–H and O–H groups in total. The molecule has 8 heteroatoms. The highest BCUT2D eigenvalue weighted by atomic mass is 32.2. The zero-order chi connectivity index (χ0) is 19.4. The third-order valence-corrected chi connectivity index (χ3v) is 6.09. The highest BCUT2D eigenvalue weighted by molar-refractivity contribution is 7.89. The first kappa shape index (κ1) is 19.4. The van der Waals surface area contributed by atoms with Crippen molar-refractivity contribution in [2.45, 2.75) is 44.2 Å². The molecule has 1 aromatic carbocycles. The molecule has 7 nitrogen and oxygen atoms in total. The number of sulfonamides is 1. The van der Waals surface area contributed by atoms with Gasteiger partial charge in [0.15, 0.2) is 11.5 Å². The maximum atomic E-state index is 12.5. The van der Waals surface area contributed by atoms with Crippen LogP contribution in [0, 0.1) is 0 Å². The Hall–Kier alpha value is -2.32. The number of nitrogens with one attached hydrogen (secondary N) is 1. The first-order chi connectivity index (χ1) is 12.9. The largest absolute Gasteiger partial charge is 0.454 e. The molecule has 1 aromatic heterocycles. The van der Waals surface area contributed by atoms with Gasteiger partial charge in [-0.3, -0.25) is 0 Å². The fraction of sp³-hybridized carbons (Fsp3) is 0.421. The molecule has 0 saturated heterocycles. The monoisotopic (exact) mass is 391 g/mol. The van der Waals surface area contributed by atoms with Crippen molar-refractivity contribution in [2.75, 3.05) is 18.7 Å². The summed E-state index contributed by atoms with van der Waals surface area (Å²) in [7, 11) is -1.65. The molecule has 0 saturated carbocycles. The molecule has 0 amide bonds. The van der Waals surface area contributed by atoms with Crippen LogP contribution in [-0.4, -0.2) is 33.3 Å². The van der Waals surface area contributed by atoms with Crippen LogP contribution >= 0.6 is 0 Å². The van der Waals surface area contributed by atoms with E-state index in [2.05, 4.69) is 9.71 Å². The van der Waals surface area contributed by atoms with Gasteiger partial charge in [-0.25, -0.2) is 18.1 Å². The second kappa shape index (κ2) is 8.14. The normalized spacial score (nSPS) is 13.2. The number of hydrogen-bond donors (Lipinski definition) is 1. The highest BCUT2D eigenvalue weighted by Crippen LogP contribution is 2.33. The van der Waals surface area contributed by atoms with E-state index in [4.69, 9.17) is 9.47 Å². The van der Waals surface area contributed by atoms with E-state index in [0.29, 0.717) is 12.4 Å². The van der Waals surface area contributed by atoms with Crippen LogP contribution in [0.25, 0.3) is 0 Å². The molecular weight excluding hydrogens is 366 g/mol. The quantitative estimate of drug-likeness (QED) is 0.745. The van der Waals surface area contributed by atoms with Gasteiger partial charge in [0.05, 0.1) is 0 Å². The Bertz CT molecular complexity index is 880. The summed E-state index contributed by atoms with van der Waals surface area (Å²) in [6.45, 7) is 4.78. The Morgan fingerprint density at radius 1 is 1.15 bits per heavy atom. The standard InChI is InChI=1S/C19H25N3O4S/c1-4-15(5-2)21-27(23,24)16-7-9-19(20-11-16)22(3)12-14-6-8-17-18(10-14)26-13-25-17/h6-11,15,21H,4-5,12-13H2,1-3H3. The minimum Gasteiger partial charge on any atom is -0.454 e. The number of nitrogens with zero attached hydrogens (tertiary/aromatic N) is 2. The SMILES string of the molecule is CCC(CC)NS(=O)(=O)c1ccc(N(C)Cc2ccc3c(c2)OCO3)nc1. The number of benzene rings is 1. The molecule has 0 aliphatic carbocycles. The molecule has 1 aliphatic rings. The lowest BCUT2D eigenvalue weighted by atomic mass is 10.2. The van der Waals surface area contributed by atoms with Crippen molar-refractivity contribution in [3.05, 3.63) is 42.1 Å². The van der Waals surface area contributed by atoms with Crippen LogP contribution in [0.4, 0.5) is 5.82 Å². The number of ether oxygens (including phenoxy) is 2. The minimum atomic E-state index is -3.55. The summed E-state index contributed by atoms with van der Waals surface area (Å²) < 4.78 is 38.3. The van der Waals surface area contributed by atoms with E-state index in [-0.39, 0.29) is 17.7 Å². The predicted molar refractivity (Wildman–Crippen MR) is 104 cm³/mol. The van der Waals surface area contributed by atoms with E-state index in [1.54, 1.807) is 12.1 Å². The second-order valence-electron chi connectivity index (χ2n) is 6.53. The number of anilines is 1. The number of fused-ring (bicyclic) bond motifs is 1. The van der Waals surface area contributed by atoms with E-state index in [1.807, 2.05) is 44.0 Å². The predicted octanol–water partition coefficient (Wildman–Crippen LogP) is 2.91. The fourth-order valence-electron chi connectivity index (χ4n) is 2.89. The summed E-state index contributed by atoms with van der Waals surface area (Å²) in [5.74, 6) is 2.18. The number of hydrogen-bond acceptors (Lipinski definition) is 6. The number of aromatic nitrogens is 1. The summed E-state index contributed by atoms with van der Waals surface area (Å²) in [6, 6.07) is 9.04. The van der Waals surface area contributed by atoms with Crippen LogP contribution in [0.5, 0.6) is 11.5 Å². The van der Waals surface area contributed by atoms with Gasteiger partial charge in [0.25, 0.3) is 0 Å². The molecule has 0 atom stereocenters. The highest BCUT2D eigenvalue weighted by Gasteiger charge is 2.19. The molecule has 0 radical (unpaired) electrons. The third kappa shape index (κ3) is 4.51. The van der Waals surface area contributed by atoms with Gasteiger partial charge in [0.1, 0.15) is 10.7 Å². The Kier molecular flexibility index (Phi) is 5.86. The first-order valence-electron chi connectivity index (χ1n) is 9.01. The van der Waals surface area contributed by atoms with Gasteiger partial charge in [-0.1, -0.05) is 19.9 Å². The Balaban J connectivity index is 1.69. The lowest BCUT2D eigenvalue weighted by molar-refractivity contribution is 0.174. The number of pyridine rings is 1. The van der Waals surface area contributed by atoms with Gasteiger partial charge in [-0.2, -0.15) is 0 Å². The first-order valence-corrected chi connectivity index (χ1v) is 10.5. The summed E-state index contributed by atoms with van der Waals surface area (Å²) in [5.41, 5.74) is 1.05. The Labute approximate surface area is 160 Å². The lowest BCUT2D eigenvalue weighted by Crippen LogP contribution is -2.33. The molecule has 0 spiro atoms. The van der Waals surface area contributed by atoms with Crippen LogP contribution in [0.1, 0.15) is 32.3 Å². The van der Waals surface area contributed by atoms with Crippen molar-refractivity contribution in [3.63, 3.8) is 0 Å². The van der Waals surface area contributed by atoms with Gasteiger partial charge < -0.3 is 14.4 Å². The zero-order valence-corrected chi connectivity index (χ0v) is 16.6. The molecular formula is C19H25N3O4S. The van der Waals surface area contributed by atoms with Crippen molar-refractivity contribution in [1.82, 2.24) is 9.71 Å². The average Bonchev–Trinajstić information content (AvgIpc) is 3.14. The average molecular weight is 391 g/mol. The molecule has 2 heterocycles. The molecule has 0 unspecified atom stereocenters. The van der Waals surface area contributed by atoms with Crippen LogP contribution in [-0.2, 0) is 16.6 Å². The topological polar surface area (TPSA) is 80.8 Å². The van der Waals surface area contributed by atoms with E-state index < -0.39 is 10.0 Å². The van der Waals surface area contributed by atoms with Crippen LogP contribution in [0.2, 0.25) is 0 Å². The van der Waals surface area contributed by atoms with E-state index in [1.165, 1.54) is 6.20 Å². The molecule has 1 aliphatic heterocycles. The van der Waals surface area contributed by atoms with E-state index >= 15 is 0 Å². The summed E-state index contributed by atoms with van der Waals surface area (Å²) in [5, 5.41) is 0. The van der Waals surface area contributed by atoms with E-state index in [0.717, 1.165) is 29.9 Å². The van der Waals surface area contributed by atoms with Crippen molar-refractivity contribution >= 4 is 15.8 Å². The van der Waals surface area contributed by atoms with Crippen molar-refractivity contribution in [3.8, 4) is 11.5 Å². The molecule has 146 valence electrons. The maximum absolute atomic E-state index is 12.5. The molecule has 3 rings (SSSR count). The summed E-state index contributed by atoms with van der Waals surface area (Å²) in [6.07, 6.45) is 2.90. The van der Waals surface area contributed by atoms with Crippen LogP contribution in [0.3, 0.4) is 0 Å². The summed E-state index contributed by atoms with van der Waals surface area (Å²) in [4.78, 5) is 6.45. The zero-order valence-electron chi connectivity index (χ0n) is 15.8. The second-order valence-corrected chi connectivity index (χ2v) is 8.24. The van der Waals surface area contributed by atoms with Gasteiger partial charge in [-0.05, 0) is 42.7 Å². The number of rotatable bonds is 8. The van der Waals surface area contributed by atoms with Crippen molar-refractivity contribution in [1.29, 1.82) is 0 Å². The molecule has 0 fully saturated rings. The lowest BCUT2D eigenvalue weighted by Gasteiger charge is -2.19. The molecule has 2 aromatic rings. The van der Waals surface area contributed by atoms with E-state index in [9.17, 15) is 8.42 Å². The maximum Gasteiger partial charge on any atom is 0.242 e. The van der Waals surface area contributed by atoms with Gasteiger partial charge in [0, 0.05) is 25.8 Å². The Morgan fingerprint density at radius 2 is 1.89 bits per heavy atom. The van der Waals surface area contributed by atoms with Gasteiger partial charge in [-0.15, -0.1) is 0 Å².